The molecular weight excluding hydrogens is 374 g/mol. The van der Waals surface area contributed by atoms with Crippen LogP contribution in [-0.4, -0.2) is 46.4 Å². The number of methoxy groups -OCH3 is 1. The monoisotopic (exact) mass is 393 g/mol. The van der Waals surface area contributed by atoms with Gasteiger partial charge in [0, 0.05) is 12.1 Å². The number of rotatable bonds is 8. The van der Waals surface area contributed by atoms with Crippen molar-refractivity contribution in [2.45, 2.75) is 0 Å². The van der Waals surface area contributed by atoms with Crippen molar-refractivity contribution >= 4 is 5.97 Å². The molecule has 0 unspecified atom stereocenters. The summed E-state index contributed by atoms with van der Waals surface area (Å²) in [5.74, 6) is 1.21. The maximum absolute atomic E-state index is 11.0. The Balaban J connectivity index is 1.77. The van der Waals surface area contributed by atoms with E-state index >= 15 is 0 Å². The van der Waals surface area contributed by atoms with Gasteiger partial charge in [0.1, 0.15) is 36.8 Å². The second kappa shape index (κ2) is 9.32. The molecule has 0 aliphatic carbocycles. The zero-order valence-electron chi connectivity index (χ0n) is 15.7. The van der Waals surface area contributed by atoms with Gasteiger partial charge in [-0.15, -0.1) is 0 Å². The first kappa shape index (κ1) is 19.8. The molecule has 0 bridgehead atoms. The molecule has 0 saturated carbocycles. The normalized spacial score (nSPS) is 10.2. The molecule has 1 aromatic heterocycles. The number of hydrogen-bond donors (Lipinski definition) is 1. The Bertz CT molecular complexity index is 1020. The number of aromatic hydroxyl groups is 1. The highest BCUT2D eigenvalue weighted by Gasteiger charge is 2.13. The zero-order chi connectivity index (χ0) is 20.6. The van der Waals surface area contributed by atoms with Crippen molar-refractivity contribution in [1.82, 2.24) is 15.0 Å². The maximum Gasteiger partial charge on any atom is 0.330 e. The first-order chi connectivity index (χ1) is 14.1. The Morgan fingerprint density at radius 3 is 2.59 bits per heavy atom. The molecule has 3 aromatic rings. The average Bonchev–Trinajstić information content (AvgIpc) is 2.76. The van der Waals surface area contributed by atoms with Crippen LogP contribution in [0.1, 0.15) is 0 Å². The Morgan fingerprint density at radius 1 is 1.10 bits per heavy atom. The van der Waals surface area contributed by atoms with E-state index in [0.717, 1.165) is 6.08 Å². The Hall–Kier alpha value is -3.94. The molecule has 8 nitrogen and oxygen atoms in total. The van der Waals surface area contributed by atoms with Crippen LogP contribution in [0.3, 0.4) is 0 Å². The molecule has 0 saturated heterocycles. The van der Waals surface area contributed by atoms with Crippen LogP contribution in [0.5, 0.6) is 17.2 Å². The van der Waals surface area contributed by atoms with Crippen molar-refractivity contribution in [2.24, 2.45) is 0 Å². The van der Waals surface area contributed by atoms with Crippen LogP contribution in [0.2, 0.25) is 0 Å². The van der Waals surface area contributed by atoms with Crippen molar-refractivity contribution < 1.29 is 24.1 Å². The van der Waals surface area contributed by atoms with E-state index in [4.69, 9.17) is 14.2 Å². The number of ether oxygens (including phenoxy) is 3. The molecule has 0 fully saturated rings. The van der Waals surface area contributed by atoms with Gasteiger partial charge in [0.05, 0.1) is 18.2 Å². The third-order valence-electron chi connectivity index (χ3n) is 3.89. The largest absolute Gasteiger partial charge is 0.507 e. The van der Waals surface area contributed by atoms with Crippen LogP contribution in [-0.2, 0) is 9.53 Å². The lowest BCUT2D eigenvalue weighted by molar-refractivity contribution is -0.138. The number of esters is 1. The zero-order valence-corrected chi connectivity index (χ0v) is 15.7. The van der Waals surface area contributed by atoms with E-state index in [0.29, 0.717) is 34.3 Å². The number of para-hydroxylation sites is 1. The minimum Gasteiger partial charge on any atom is -0.507 e. The van der Waals surface area contributed by atoms with Crippen LogP contribution >= 0.6 is 0 Å². The van der Waals surface area contributed by atoms with Crippen molar-refractivity contribution in [1.29, 1.82) is 0 Å². The predicted octanol–water partition coefficient (Wildman–Crippen LogP) is 3.03. The summed E-state index contributed by atoms with van der Waals surface area (Å²) in [6.07, 6.45) is 2.45. The minimum absolute atomic E-state index is 0.0530. The quantitative estimate of drug-likeness (QED) is 0.354. The number of phenolic OH excluding ortho intramolecular Hbond substituents is 1. The number of carbonyl (C=O) groups is 1. The summed E-state index contributed by atoms with van der Waals surface area (Å²) in [7, 11) is 1.57. The summed E-state index contributed by atoms with van der Waals surface area (Å²) in [4.78, 5) is 23.8. The van der Waals surface area contributed by atoms with Crippen molar-refractivity contribution in [3.63, 3.8) is 0 Å². The van der Waals surface area contributed by atoms with Gasteiger partial charge in [-0.2, -0.15) is 0 Å². The van der Waals surface area contributed by atoms with Crippen LogP contribution < -0.4 is 9.47 Å². The molecule has 1 heterocycles. The highest BCUT2D eigenvalue weighted by molar-refractivity contribution is 5.81. The number of hydrogen-bond acceptors (Lipinski definition) is 8. The smallest absolute Gasteiger partial charge is 0.330 e. The molecule has 0 spiro atoms. The molecule has 1 N–H and O–H groups in total. The molecule has 0 aliphatic rings. The van der Waals surface area contributed by atoms with Crippen molar-refractivity contribution in [2.75, 3.05) is 20.3 Å². The average molecular weight is 393 g/mol. The van der Waals surface area contributed by atoms with Crippen LogP contribution in [0, 0.1) is 0 Å². The van der Waals surface area contributed by atoms with Gasteiger partial charge in [-0.1, -0.05) is 18.7 Å². The number of nitrogens with zero attached hydrogens (tertiary/aromatic N) is 3. The fourth-order valence-electron chi connectivity index (χ4n) is 2.54. The van der Waals surface area contributed by atoms with E-state index in [9.17, 15) is 9.90 Å². The van der Waals surface area contributed by atoms with Crippen LogP contribution in [0.25, 0.3) is 22.8 Å². The van der Waals surface area contributed by atoms with Gasteiger partial charge in [-0.25, -0.2) is 19.7 Å². The topological polar surface area (TPSA) is 104 Å². The maximum atomic E-state index is 11.0. The molecular formula is C21H19N3O5. The van der Waals surface area contributed by atoms with Gasteiger partial charge < -0.3 is 19.3 Å². The summed E-state index contributed by atoms with van der Waals surface area (Å²) in [6, 6.07) is 12.1. The highest BCUT2D eigenvalue weighted by atomic mass is 16.6. The molecule has 0 aliphatic heterocycles. The lowest BCUT2D eigenvalue weighted by atomic mass is 10.1. The van der Waals surface area contributed by atoms with Gasteiger partial charge in [0.25, 0.3) is 0 Å². The van der Waals surface area contributed by atoms with E-state index < -0.39 is 5.97 Å². The number of phenols is 1. The summed E-state index contributed by atoms with van der Waals surface area (Å²) in [5.41, 5.74) is 1.14. The fraction of sp³-hybridized carbons (Fsp3) is 0.143. The van der Waals surface area contributed by atoms with Gasteiger partial charge >= 0.3 is 5.97 Å². The second-order valence-electron chi connectivity index (χ2n) is 5.73. The second-order valence-corrected chi connectivity index (χ2v) is 5.73. The summed E-state index contributed by atoms with van der Waals surface area (Å²) in [6.45, 7) is 3.52. The lowest BCUT2D eigenvalue weighted by Gasteiger charge is -2.10. The molecule has 8 heteroatoms. The Labute approximate surface area is 167 Å². The molecule has 2 aromatic carbocycles. The summed E-state index contributed by atoms with van der Waals surface area (Å²) in [5, 5.41) is 10.4. The molecule has 148 valence electrons. The predicted molar refractivity (Wildman–Crippen MR) is 106 cm³/mol. The molecule has 3 rings (SSSR count). The van der Waals surface area contributed by atoms with Gasteiger partial charge in [-0.05, 0) is 24.3 Å². The Morgan fingerprint density at radius 2 is 1.86 bits per heavy atom. The third kappa shape index (κ3) is 4.86. The molecule has 0 radical (unpaired) electrons. The number of carbonyl (C=O) groups excluding carboxylic acids is 1. The SMILES string of the molecule is C=CC(=O)OCCOc1ccc(-c2ncnc(-c3ccccc3OC)n2)c(O)c1. The van der Waals surface area contributed by atoms with E-state index in [1.54, 1.807) is 19.2 Å². The Kier molecular flexibility index (Phi) is 6.36. The van der Waals surface area contributed by atoms with Gasteiger partial charge in [-0.3, -0.25) is 0 Å². The van der Waals surface area contributed by atoms with Crippen molar-refractivity contribution in [3.8, 4) is 40.0 Å². The molecule has 29 heavy (non-hydrogen) atoms. The van der Waals surface area contributed by atoms with Gasteiger partial charge in [0.15, 0.2) is 11.6 Å². The standard InChI is InChI=1S/C21H19N3O5/c1-3-19(26)29-11-10-28-14-8-9-15(17(25)12-14)20-22-13-23-21(24-20)16-6-4-5-7-18(16)27-2/h3-9,12-13,25H,1,10-11H2,2H3. The summed E-state index contributed by atoms with van der Waals surface area (Å²) >= 11 is 0. The van der Waals surface area contributed by atoms with Gasteiger partial charge in [0.2, 0.25) is 0 Å². The number of aromatic nitrogens is 3. The van der Waals surface area contributed by atoms with E-state index in [-0.39, 0.29) is 19.0 Å². The van der Waals surface area contributed by atoms with Crippen molar-refractivity contribution in [3.05, 3.63) is 61.4 Å². The lowest BCUT2D eigenvalue weighted by Crippen LogP contribution is -2.10. The molecule has 0 amide bonds. The minimum atomic E-state index is -0.521. The molecule has 0 atom stereocenters. The van der Waals surface area contributed by atoms with E-state index in [1.807, 2.05) is 24.3 Å². The highest BCUT2D eigenvalue weighted by Crippen LogP contribution is 2.32. The third-order valence-corrected chi connectivity index (χ3v) is 3.89. The number of benzene rings is 2. The first-order valence-electron chi connectivity index (χ1n) is 8.70. The van der Waals surface area contributed by atoms with Crippen LogP contribution in [0.4, 0.5) is 0 Å². The first-order valence-corrected chi connectivity index (χ1v) is 8.70. The van der Waals surface area contributed by atoms with E-state index in [2.05, 4.69) is 21.5 Å². The fourth-order valence-corrected chi connectivity index (χ4v) is 2.54. The van der Waals surface area contributed by atoms with E-state index in [1.165, 1.54) is 12.4 Å². The summed E-state index contributed by atoms with van der Waals surface area (Å²) < 4.78 is 15.6. The van der Waals surface area contributed by atoms with Crippen LogP contribution in [0.15, 0.2) is 61.4 Å².